The smallest absolute Gasteiger partial charge is 0.466 e. The molecule has 17 N–H and O–H groups in total. The van der Waals surface area contributed by atoms with Gasteiger partial charge in [-0.15, -0.1) is 0 Å². The first-order valence-electron chi connectivity index (χ1n) is 19.5. The van der Waals surface area contributed by atoms with Crippen LogP contribution in [-0.2, 0) is 36.8 Å². The summed E-state index contributed by atoms with van der Waals surface area (Å²) in [5.74, 6) is -6.31. The highest BCUT2D eigenvalue weighted by molar-refractivity contribution is 7.45. The monoisotopic (exact) mass is 980 g/mol. The number of carbonyl (C=O) groups is 6. The molecule has 0 fully saturated rings. The topological polar surface area (TPSA) is 504 Å². The van der Waals surface area contributed by atoms with Gasteiger partial charge in [-0.2, -0.15) is 9.97 Å². The van der Waals surface area contributed by atoms with Gasteiger partial charge in [0.1, 0.15) is 12.1 Å². The maximum absolute atomic E-state index is 12.3. The number of hydrogen-bond acceptors (Lipinski definition) is 19. The fraction of sp³-hybridized carbons (Fsp3) is 0.211. The largest absolute Gasteiger partial charge is 0.481 e. The number of fused-ring (bicyclic) bond motifs is 2. The van der Waals surface area contributed by atoms with Crippen molar-refractivity contribution in [3.05, 3.63) is 104 Å². The number of benzene rings is 2. The van der Waals surface area contributed by atoms with Crippen LogP contribution in [0.3, 0.4) is 0 Å². The molecular formula is C38H41N14O16P. The molecule has 0 aliphatic carbocycles. The molecule has 0 saturated carbocycles. The number of aromatic nitrogens is 8. The van der Waals surface area contributed by atoms with Crippen molar-refractivity contribution in [1.82, 2.24) is 50.5 Å². The second kappa shape index (κ2) is 24.0. The molecule has 0 spiro atoms. The first-order chi connectivity index (χ1) is 32.4. The minimum atomic E-state index is -4.64. The number of nitrogens with zero attached hydrogens (tertiary/aromatic N) is 6. The van der Waals surface area contributed by atoms with E-state index in [1.165, 1.54) is 36.7 Å². The number of rotatable bonds is 18. The summed E-state index contributed by atoms with van der Waals surface area (Å²) in [7, 11) is -4.64. The highest BCUT2D eigenvalue weighted by Crippen LogP contribution is 2.26. The molecule has 0 aliphatic rings. The number of amides is 2. The van der Waals surface area contributed by atoms with Crippen LogP contribution in [0.1, 0.15) is 57.8 Å². The van der Waals surface area contributed by atoms with Gasteiger partial charge in [0, 0.05) is 35.3 Å². The van der Waals surface area contributed by atoms with Gasteiger partial charge in [-0.1, -0.05) is 0 Å². The summed E-state index contributed by atoms with van der Waals surface area (Å²) >= 11 is 0. The number of carbonyl (C=O) groups excluding carboxylic acids is 2. The SMILES string of the molecule is Nc1nc2ncc(CNc3ccc(C(=O)N[C@@H](CCC(=O)O)C(=O)O)cc3)nc2c(=O)[nH]1.Nc1nc2ncc(CNc3ccc(C(=O)N[C@@H](CCC(=O)O)C(=O)O)cc3)nc2c(=O)[nH]1.O=P(O)(O)O. The number of aromatic amines is 2. The van der Waals surface area contributed by atoms with Crippen molar-refractivity contribution in [2.75, 3.05) is 22.1 Å². The van der Waals surface area contributed by atoms with Gasteiger partial charge in [-0.05, 0) is 61.4 Å². The van der Waals surface area contributed by atoms with Gasteiger partial charge in [0.15, 0.2) is 22.3 Å². The third kappa shape index (κ3) is 17.4. The molecule has 4 aromatic heterocycles. The summed E-state index contributed by atoms with van der Waals surface area (Å²) in [5, 5.41) is 46.4. The highest BCUT2D eigenvalue weighted by atomic mass is 31.2. The van der Waals surface area contributed by atoms with E-state index in [1.807, 2.05) is 0 Å². The zero-order chi connectivity index (χ0) is 51.0. The molecule has 4 heterocycles. The summed E-state index contributed by atoms with van der Waals surface area (Å²) < 4.78 is 8.88. The Hall–Kier alpha value is -8.99. The van der Waals surface area contributed by atoms with Crippen molar-refractivity contribution in [1.29, 1.82) is 0 Å². The van der Waals surface area contributed by atoms with E-state index in [4.69, 9.17) is 51.1 Å². The lowest BCUT2D eigenvalue weighted by Gasteiger charge is -2.14. The van der Waals surface area contributed by atoms with Crippen LogP contribution >= 0.6 is 7.82 Å². The van der Waals surface area contributed by atoms with Gasteiger partial charge in [0.25, 0.3) is 22.9 Å². The van der Waals surface area contributed by atoms with Crippen molar-refractivity contribution >= 4 is 89.1 Å². The van der Waals surface area contributed by atoms with Crippen molar-refractivity contribution in [2.24, 2.45) is 0 Å². The van der Waals surface area contributed by atoms with E-state index in [0.29, 0.717) is 22.8 Å². The second-order valence-electron chi connectivity index (χ2n) is 13.9. The maximum Gasteiger partial charge on any atom is 0.466 e. The minimum Gasteiger partial charge on any atom is -0.481 e. The number of phosphoric acid groups is 1. The summed E-state index contributed by atoms with van der Waals surface area (Å²) in [6.07, 6.45) is 1.68. The molecule has 6 rings (SSSR count). The van der Waals surface area contributed by atoms with Gasteiger partial charge >= 0.3 is 31.7 Å². The van der Waals surface area contributed by atoms with Crippen LogP contribution < -0.4 is 43.9 Å². The van der Waals surface area contributed by atoms with E-state index in [-0.39, 0.29) is 84.1 Å². The van der Waals surface area contributed by atoms with E-state index in [0.717, 1.165) is 0 Å². The zero-order valence-corrected chi connectivity index (χ0v) is 36.2. The number of hydrogen-bond donors (Lipinski definition) is 15. The van der Waals surface area contributed by atoms with Crippen molar-refractivity contribution in [3.63, 3.8) is 0 Å². The first-order valence-corrected chi connectivity index (χ1v) is 21.0. The Labute approximate surface area is 384 Å². The van der Waals surface area contributed by atoms with Gasteiger partial charge in [-0.3, -0.25) is 38.7 Å². The zero-order valence-electron chi connectivity index (χ0n) is 35.3. The number of carboxylic acid groups (broad SMARTS) is 4. The Morgan fingerprint density at radius 1 is 0.580 bits per heavy atom. The van der Waals surface area contributed by atoms with Gasteiger partial charge in [-0.25, -0.2) is 34.1 Å². The van der Waals surface area contributed by atoms with Crippen LogP contribution in [0.2, 0.25) is 0 Å². The van der Waals surface area contributed by atoms with Gasteiger partial charge in [0.2, 0.25) is 11.9 Å². The molecule has 2 aromatic carbocycles. The number of nitrogens with two attached hydrogens (primary N) is 2. The summed E-state index contributed by atoms with van der Waals surface area (Å²) in [5.41, 5.74) is 12.9. The fourth-order valence-electron chi connectivity index (χ4n) is 5.51. The lowest BCUT2D eigenvalue weighted by atomic mass is 10.1. The standard InChI is InChI=1S/2C19H19N7O6.H3O4P/c2*20-19-25-15-14(17(30)26-19)23-11(8-22-15)7-21-10-3-1-9(2-4-10)16(29)24-12(18(31)32)5-6-13(27)28;1-5(2,3)4/h2*1-4,8,12,21H,5-7H2,(H,24,29)(H,27,28)(H,31,32)(H3,20,22,25,26,30);(H3,1,2,3,4)/t2*12-;/m00./s1. The summed E-state index contributed by atoms with van der Waals surface area (Å²) in [4.78, 5) is 143. The number of nitrogen functional groups attached to an aromatic ring is 2. The number of carboxylic acids is 4. The van der Waals surface area contributed by atoms with Crippen LogP contribution in [0.4, 0.5) is 23.3 Å². The molecule has 2 amide bonds. The van der Waals surface area contributed by atoms with Crippen molar-refractivity contribution in [2.45, 2.75) is 50.9 Å². The molecule has 2 atom stereocenters. The second-order valence-corrected chi connectivity index (χ2v) is 15.0. The molecule has 30 nitrogen and oxygen atoms in total. The number of aliphatic carboxylic acids is 4. The predicted octanol–water partition coefficient (Wildman–Crippen LogP) is -1.02. The molecular weight excluding hydrogens is 939 g/mol. The Bertz CT molecular complexity index is 2820. The van der Waals surface area contributed by atoms with Crippen LogP contribution in [0.15, 0.2) is 70.5 Å². The normalized spacial score (nSPS) is 11.6. The van der Waals surface area contributed by atoms with E-state index in [2.05, 4.69) is 61.1 Å². The Morgan fingerprint density at radius 3 is 1.22 bits per heavy atom. The molecule has 0 unspecified atom stereocenters. The van der Waals surface area contributed by atoms with Gasteiger partial charge in [0.05, 0.1) is 36.9 Å². The Morgan fingerprint density at radius 2 is 0.913 bits per heavy atom. The first kappa shape index (κ1) is 52.6. The minimum absolute atomic E-state index is 0.0524. The molecule has 0 bridgehead atoms. The third-order valence-corrected chi connectivity index (χ3v) is 8.71. The maximum atomic E-state index is 12.3. The molecule has 31 heteroatoms. The molecule has 69 heavy (non-hydrogen) atoms. The van der Waals surface area contributed by atoms with Crippen LogP contribution in [0.25, 0.3) is 22.3 Å². The van der Waals surface area contributed by atoms with Crippen molar-refractivity contribution < 1.29 is 68.4 Å². The highest BCUT2D eigenvalue weighted by Gasteiger charge is 2.23. The lowest BCUT2D eigenvalue weighted by Crippen LogP contribution is -2.41. The predicted molar refractivity (Wildman–Crippen MR) is 238 cm³/mol. The molecule has 364 valence electrons. The average Bonchev–Trinajstić information content (AvgIpc) is 3.27. The molecule has 0 saturated heterocycles. The van der Waals surface area contributed by atoms with Crippen LogP contribution in [0.5, 0.6) is 0 Å². The van der Waals surface area contributed by atoms with Crippen LogP contribution in [-0.4, -0.2) is 123 Å². The fourth-order valence-corrected chi connectivity index (χ4v) is 5.51. The molecule has 0 aliphatic heterocycles. The number of nitrogens with one attached hydrogen (secondary N) is 6. The summed E-state index contributed by atoms with van der Waals surface area (Å²) in [6.45, 7) is 0.461. The quantitative estimate of drug-likeness (QED) is 0.0458. The average molecular weight is 981 g/mol. The van der Waals surface area contributed by atoms with E-state index in [9.17, 15) is 38.4 Å². The van der Waals surface area contributed by atoms with E-state index < -0.39 is 66.7 Å². The Kier molecular flexibility index (Phi) is 18.3. The molecule has 0 radical (unpaired) electrons. The van der Waals surface area contributed by atoms with E-state index in [1.54, 1.807) is 24.3 Å². The summed E-state index contributed by atoms with van der Waals surface area (Å²) in [6, 6.07) is 9.73. The van der Waals surface area contributed by atoms with Crippen LogP contribution in [0, 0.1) is 0 Å². The number of anilines is 4. The Balaban J connectivity index is 0.000000274. The lowest BCUT2D eigenvalue weighted by molar-refractivity contribution is -0.142. The number of H-pyrrole nitrogens is 2. The van der Waals surface area contributed by atoms with Crippen molar-refractivity contribution in [3.8, 4) is 0 Å². The molecule has 6 aromatic rings. The van der Waals surface area contributed by atoms with E-state index >= 15 is 0 Å². The van der Waals surface area contributed by atoms with Gasteiger partial charge < -0.3 is 67.8 Å². The third-order valence-electron chi connectivity index (χ3n) is 8.71.